The summed E-state index contributed by atoms with van der Waals surface area (Å²) in [5, 5.41) is 3.65. The van der Waals surface area contributed by atoms with Gasteiger partial charge in [-0.3, -0.25) is 0 Å². The van der Waals surface area contributed by atoms with E-state index in [1.807, 2.05) is 212 Å². The molecule has 8 bridgehead atoms. The fraction of sp³-hybridized carbons (Fsp3) is 0.0400. The quantitative estimate of drug-likeness (QED) is 0.134. The van der Waals surface area contributed by atoms with Crippen LogP contribution in [0.5, 0.6) is 0 Å². The van der Waals surface area contributed by atoms with Crippen LogP contribution in [0.3, 0.4) is 0 Å². The van der Waals surface area contributed by atoms with E-state index >= 15 is 0 Å². The van der Waals surface area contributed by atoms with Gasteiger partial charge in [0.1, 0.15) is 0 Å². The summed E-state index contributed by atoms with van der Waals surface area (Å²) in [4.78, 5) is -0.0500. The number of hydrogen-bond acceptors (Lipinski definition) is 14. The topological polar surface area (TPSA) is 145 Å². The van der Waals surface area contributed by atoms with Crippen LogP contribution in [0.25, 0.3) is 0 Å². The van der Waals surface area contributed by atoms with Crippen molar-refractivity contribution in [2.24, 2.45) is 0 Å². The Morgan fingerprint density at radius 2 is 0.486 bits per heavy atom. The molecule has 0 aromatic heterocycles. The van der Waals surface area contributed by atoms with E-state index in [0.717, 1.165) is 0 Å². The van der Waals surface area contributed by atoms with Crippen LogP contribution in [-0.4, -0.2) is 78.9 Å². The lowest BCUT2D eigenvalue weighted by Gasteiger charge is -2.62. The Morgan fingerprint density at radius 3 is 0.689 bits per heavy atom. The molecule has 14 rings (SSSR count). The molecule has 24 heteroatoms. The molecule has 6 fully saturated rings. The lowest BCUT2D eigenvalue weighted by atomic mass is 10.2. The van der Waals surface area contributed by atoms with Gasteiger partial charge in [-0.25, -0.2) is 8.42 Å². The van der Waals surface area contributed by atoms with Gasteiger partial charge in [0, 0.05) is 53.0 Å². The van der Waals surface area contributed by atoms with Crippen LogP contribution in [0.2, 0.25) is 6.04 Å². The third-order valence-corrected chi connectivity index (χ3v) is 48.9. The Hall–Kier alpha value is -4.74. The first-order valence-corrected chi connectivity index (χ1v) is 40.1. The number of aryl methyl sites for hydroxylation is 1. The van der Waals surface area contributed by atoms with Gasteiger partial charge in [0.05, 0.1) is 4.90 Å². The minimum Gasteiger partial charge on any atom is -0.370 e. The SMILES string of the molecule is O=S(=O)(Cl)c1ccc(CC[Si]23O[Si]4(c5ccccc5)O[Si]5(c6ccccc6)O[Si](c6ccccc6)(O2)O[Si]2(c6ccccc6)O[Si](c6ccccc6)(O3)O[Si](c3ccccc3)(O4)O[Si](c3ccccc3)(O5)O2)cc1. The van der Waals surface area contributed by atoms with Crippen molar-refractivity contribution in [3.8, 4) is 0 Å². The van der Waals surface area contributed by atoms with E-state index in [1.165, 1.54) is 12.1 Å². The third kappa shape index (κ3) is 8.42. The second-order valence-corrected chi connectivity index (χ2v) is 44.0. The summed E-state index contributed by atoms with van der Waals surface area (Å²) in [6.45, 7) is 0. The lowest BCUT2D eigenvalue weighted by molar-refractivity contribution is -0.00662. The molecule has 6 aliphatic heterocycles. The predicted molar refractivity (Wildman–Crippen MR) is 290 cm³/mol. The number of rotatable bonds is 11. The van der Waals surface area contributed by atoms with Crippen molar-refractivity contribution in [3.63, 3.8) is 0 Å². The number of benzene rings is 8. The highest BCUT2D eigenvalue weighted by Crippen LogP contribution is 2.49. The molecule has 14 nitrogen and oxygen atoms in total. The minimum atomic E-state index is -4.82. The van der Waals surface area contributed by atoms with Crippen LogP contribution in [0.4, 0.5) is 0 Å². The second-order valence-electron chi connectivity index (χ2n) is 17.9. The molecule has 0 spiro atoms. The maximum Gasteiger partial charge on any atom is 0.515 e. The van der Waals surface area contributed by atoms with Gasteiger partial charge in [-0.15, -0.1) is 0 Å². The lowest BCUT2D eigenvalue weighted by Crippen LogP contribution is -2.95. The first kappa shape index (κ1) is 48.9. The molecule has 0 amide bonds. The van der Waals surface area contributed by atoms with Gasteiger partial charge in [0.2, 0.25) is 0 Å². The average molecular weight is 1160 g/mol. The summed E-state index contributed by atoms with van der Waals surface area (Å²) in [5.41, 5.74) is 0.717. The van der Waals surface area contributed by atoms with Gasteiger partial charge in [0.15, 0.2) is 0 Å². The maximum atomic E-state index is 12.5. The largest absolute Gasteiger partial charge is 0.515 e. The highest BCUT2D eigenvalue weighted by molar-refractivity contribution is 8.13. The zero-order valence-electron chi connectivity index (χ0n) is 38.9. The van der Waals surface area contributed by atoms with Gasteiger partial charge < -0.3 is 49.4 Å². The summed E-state index contributed by atoms with van der Waals surface area (Å²) < 4.78 is 122. The third-order valence-electron chi connectivity index (χ3n) is 13.1. The molecule has 8 aromatic carbocycles. The van der Waals surface area contributed by atoms with Crippen LogP contribution in [0.15, 0.2) is 241 Å². The molecule has 0 radical (unpaired) electrons. The van der Waals surface area contributed by atoms with E-state index < -0.39 is 79.5 Å². The molecule has 6 heterocycles. The minimum absolute atomic E-state index is 0.0157. The molecule has 0 atom stereocenters. The summed E-state index contributed by atoms with van der Waals surface area (Å²) >= 11 is 0. The highest BCUT2D eigenvalue weighted by Gasteiger charge is 2.86. The zero-order valence-corrected chi connectivity index (χ0v) is 48.5. The fourth-order valence-electron chi connectivity index (χ4n) is 9.71. The van der Waals surface area contributed by atoms with Crippen molar-refractivity contribution in [2.75, 3.05) is 0 Å². The Balaban J connectivity index is 1.19. The molecular weight excluding hydrogens is 1120 g/mol. The molecule has 0 saturated carbocycles. The highest BCUT2D eigenvalue weighted by atomic mass is 35.7. The first-order valence-electron chi connectivity index (χ1n) is 23.7. The second kappa shape index (κ2) is 18.5. The van der Waals surface area contributed by atoms with E-state index in [4.69, 9.17) is 60.1 Å². The van der Waals surface area contributed by atoms with E-state index in [1.54, 1.807) is 12.1 Å². The Morgan fingerprint density at radius 1 is 0.284 bits per heavy atom. The van der Waals surface area contributed by atoms with Crippen molar-refractivity contribution >= 4 is 126 Å². The standard InChI is InChI=1S/C50H43ClO14SSi8/c51-66(52,53)43-38-36-42(37-39-43)40-41-67-54-68(44-22-8-1-9-23-44)57-71(47-28-14-4-15-29-47)59-69(55-67,45-24-10-2-11-25-45)61-73(49-32-18-6-19-33-49)62-70(56-67,46-26-12-3-13-27-46)60-72(58-68,48-30-16-5-17-31-48)64-74(63-71,65-73)50-34-20-7-21-35-50/h1-39H,40-41H2. The van der Waals surface area contributed by atoms with Crippen molar-refractivity contribution in [2.45, 2.75) is 17.4 Å². The fourth-order valence-corrected chi connectivity index (χ4v) is 57.1. The molecule has 8 aromatic rings. The van der Waals surface area contributed by atoms with Gasteiger partial charge >= 0.3 is 70.4 Å². The van der Waals surface area contributed by atoms with Crippen LogP contribution < -0.4 is 36.3 Å². The van der Waals surface area contributed by atoms with Crippen molar-refractivity contribution in [3.05, 3.63) is 242 Å². The molecule has 6 aliphatic rings. The number of halogens is 1. The van der Waals surface area contributed by atoms with Gasteiger partial charge in [-0.1, -0.05) is 224 Å². The van der Waals surface area contributed by atoms with E-state index in [-0.39, 0.29) is 17.4 Å². The number of hydrogen-bond donors (Lipinski definition) is 0. The van der Waals surface area contributed by atoms with E-state index in [9.17, 15) is 8.42 Å². The smallest absolute Gasteiger partial charge is 0.370 e. The van der Waals surface area contributed by atoms with Crippen LogP contribution in [0.1, 0.15) is 5.56 Å². The molecule has 6 saturated heterocycles. The van der Waals surface area contributed by atoms with Crippen LogP contribution >= 0.6 is 10.7 Å². The monoisotopic (exact) mass is 1160 g/mol. The maximum absolute atomic E-state index is 12.5. The molecule has 0 aliphatic carbocycles. The zero-order chi connectivity index (χ0) is 50.2. The Labute approximate surface area is 440 Å². The first-order chi connectivity index (χ1) is 35.9. The molecule has 0 N–H and O–H groups in total. The summed E-state index contributed by atoms with van der Waals surface area (Å²) in [5.74, 6) is 0. The van der Waals surface area contributed by atoms with Gasteiger partial charge in [-0.05, 0) is 24.1 Å². The Kier molecular flexibility index (Phi) is 12.2. The van der Waals surface area contributed by atoms with Gasteiger partial charge in [-0.2, -0.15) is 0 Å². The van der Waals surface area contributed by atoms with Crippen molar-refractivity contribution < 1.29 is 57.8 Å². The predicted octanol–water partition coefficient (Wildman–Crippen LogP) is 4.29. The van der Waals surface area contributed by atoms with Crippen LogP contribution in [-0.2, 0) is 64.9 Å². The Bertz CT molecular complexity index is 3150. The van der Waals surface area contributed by atoms with E-state index in [0.29, 0.717) is 41.9 Å². The summed E-state index contributed by atoms with van der Waals surface area (Å²) in [7, 11) is -36.6. The summed E-state index contributed by atoms with van der Waals surface area (Å²) in [6.07, 6.45) is 0.212. The molecular formula is C50H43ClO14SSi8. The van der Waals surface area contributed by atoms with Crippen molar-refractivity contribution in [1.82, 2.24) is 0 Å². The molecule has 0 unspecified atom stereocenters. The van der Waals surface area contributed by atoms with Gasteiger partial charge in [0.25, 0.3) is 9.05 Å². The molecule has 372 valence electrons. The average Bonchev–Trinajstić information content (AvgIpc) is 3.42. The van der Waals surface area contributed by atoms with Crippen molar-refractivity contribution in [1.29, 1.82) is 0 Å². The molecule has 74 heavy (non-hydrogen) atoms. The normalized spacial score (nSPS) is 32.1. The van der Waals surface area contributed by atoms with Crippen LogP contribution in [0, 0.1) is 0 Å². The summed E-state index contributed by atoms with van der Waals surface area (Å²) in [6, 6.07) is 72.5. The van der Waals surface area contributed by atoms with E-state index in [2.05, 4.69) is 0 Å².